The fourth-order valence-electron chi connectivity index (χ4n) is 4.44. The Kier molecular flexibility index (Phi) is 5.86. The van der Waals surface area contributed by atoms with Crippen LogP contribution in [0.5, 0.6) is 0 Å². The normalized spacial score (nSPS) is 22.5. The molecule has 6 nitrogen and oxygen atoms in total. The number of nitrogens with zero attached hydrogens (tertiary/aromatic N) is 3. The topological polar surface area (TPSA) is 60.6 Å². The Hall–Kier alpha value is -1.76. The average molecular weight is 371 g/mol. The van der Waals surface area contributed by atoms with Gasteiger partial charge in [0.1, 0.15) is 5.76 Å². The molecule has 2 aromatic rings. The maximum atomic E-state index is 6.28. The Bertz CT molecular complexity index is 710. The minimum Gasteiger partial charge on any atom is -0.375 e. The van der Waals surface area contributed by atoms with Crippen LogP contribution >= 0.6 is 0 Å². The smallest absolute Gasteiger partial charge is 0.133 e. The van der Waals surface area contributed by atoms with E-state index in [-0.39, 0.29) is 5.60 Å². The van der Waals surface area contributed by atoms with E-state index >= 15 is 0 Å². The molecule has 0 amide bonds. The van der Waals surface area contributed by atoms with Crippen molar-refractivity contribution in [2.75, 3.05) is 26.3 Å². The number of aromatic nitrogens is 2. The number of rotatable bonds is 7. The second kappa shape index (κ2) is 8.50. The molecule has 4 heterocycles. The first-order chi connectivity index (χ1) is 13.2. The summed E-state index contributed by atoms with van der Waals surface area (Å²) in [5.41, 5.74) is 2.06. The third-order valence-corrected chi connectivity index (χ3v) is 5.95. The first kappa shape index (κ1) is 18.6. The van der Waals surface area contributed by atoms with Crippen LogP contribution in [0.15, 0.2) is 35.0 Å². The van der Waals surface area contributed by atoms with Gasteiger partial charge in [0.15, 0.2) is 0 Å². The van der Waals surface area contributed by atoms with E-state index in [1.165, 1.54) is 0 Å². The summed E-state index contributed by atoms with van der Waals surface area (Å²) in [5.74, 6) is 1.47. The lowest BCUT2D eigenvalue weighted by Crippen LogP contribution is -2.47. The highest BCUT2D eigenvalue weighted by Crippen LogP contribution is 2.42. The fraction of sp³-hybridized carbons (Fsp3) is 0.619. The molecule has 1 atom stereocenters. The molecule has 27 heavy (non-hydrogen) atoms. The Morgan fingerprint density at radius 3 is 2.89 bits per heavy atom. The predicted octanol–water partition coefficient (Wildman–Crippen LogP) is 3.36. The summed E-state index contributed by atoms with van der Waals surface area (Å²) >= 11 is 0. The molecule has 0 radical (unpaired) electrons. The van der Waals surface area contributed by atoms with Crippen molar-refractivity contribution in [1.82, 2.24) is 15.0 Å². The molecule has 0 N–H and O–H groups in total. The van der Waals surface area contributed by atoms with Gasteiger partial charge in [-0.2, -0.15) is 0 Å². The molecule has 1 spiro atoms. The Morgan fingerprint density at radius 2 is 2.15 bits per heavy atom. The quantitative estimate of drug-likeness (QED) is 0.696. The zero-order valence-electron chi connectivity index (χ0n) is 16.1. The van der Waals surface area contributed by atoms with Crippen LogP contribution < -0.4 is 0 Å². The predicted molar refractivity (Wildman–Crippen MR) is 101 cm³/mol. The van der Waals surface area contributed by atoms with Crippen molar-refractivity contribution in [3.63, 3.8) is 0 Å². The summed E-state index contributed by atoms with van der Waals surface area (Å²) in [4.78, 5) is 6.77. The number of piperidine rings is 1. The van der Waals surface area contributed by atoms with E-state index in [1.807, 2.05) is 37.4 Å². The monoisotopic (exact) mass is 371 g/mol. The van der Waals surface area contributed by atoms with Crippen LogP contribution in [0, 0.1) is 12.8 Å². The van der Waals surface area contributed by atoms with E-state index in [0.29, 0.717) is 12.5 Å². The molecule has 2 aromatic heterocycles. The van der Waals surface area contributed by atoms with Crippen LogP contribution in [0.3, 0.4) is 0 Å². The van der Waals surface area contributed by atoms with Crippen LogP contribution in [0.25, 0.3) is 0 Å². The number of aryl methyl sites for hydroxylation is 1. The van der Waals surface area contributed by atoms with Gasteiger partial charge in [-0.25, -0.2) is 0 Å². The minimum absolute atomic E-state index is 0.0462. The second-order valence-corrected chi connectivity index (χ2v) is 7.77. The van der Waals surface area contributed by atoms with Crippen molar-refractivity contribution in [1.29, 1.82) is 0 Å². The van der Waals surface area contributed by atoms with E-state index in [9.17, 15) is 0 Å². The van der Waals surface area contributed by atoms with Crippen molar-refractivity contribution >= 4 is 0 Å². The number of hydrogen-bond acceptors (Lipinski definition) is 6. The molecule has 146 valence electrons. The van der Waals surface area contributed by atoms with Gasteiger partial charge in [0.05, 0.1) is 23.6 Å². The maximum Gasteiger partial charge on any atom is 0.133 e. The fourth-order valence-corrected chi connectivity index (χ4v) is 4.44. The van der Waals surface area contributed by atoms with Gasteiger partial charge in [0, 0.05) is 45.1 Å². The first-order valence-electron chi connectivity index (χ1n) is 10.00. The summed E-state index contributed by atoms with van der Waals surface area (Å²) in [7, 11) is 0. The highest BCUT2D eigenvalue weighted by Gasteiger charge is 2.45. The molecule has 6 heteroatoms. The zero-order chi connectivity index (χ0) is 18.5. The Morgan fingerprint density at radius 1 is 1.26 bits per heavy atom. The van der Waals surface area contributed by atoms with E-state index in [4.69, 9.17) is 14.0 Å². The Balaban J connectivity index is 1.23. The summed E-state index contributed by atoms with van der Waals surface area (Å²) in [6.07, 6.45) is 6.21. The van der Waals surface area contributed by atoms with E-state index in [2.05, 4.69) is 15.0 Å². The molecule has 4 rings (SSSR count). The van der Waals surface area contributed by atoms with Crippen molar-refractivity contribution < 1.29 is 14.0 Å². The van der Waals surface area contributed by atoms with Gasteiger partial charge in [-0.1, -0.05) is 11.2 Å². The lowest BCUT2D eigenvalue weighted by atomic mass is 9.78. The second-order valence-electron chi connectivity index (χ2n) is 7.77. The molecule has 2 saturated heterocycles. The van der Waals surface area contributed by atoms with Gasteiger partial charge in [0.25, 0.3) is 0 Å². The number of hydrogen-bond donors (Lipinski definition) is 0. The molecule has 0 bridgehead atoms. The molecule has 0 saturated carbocycles. The zero-order valence-corrected chi connectivity index (χ0v) is 16.1. The number of pyridine rings is 1. The molecular weight excluding hydrogens is 342 g/mol. The highest BCUT2D eigenvalue weighted by molar-refractivity contribution is 5.05. The van der Waals surface area contributed by atoms with Crippen molar-refractivity contribution in [2.45, 2.75) is 51.4 Å². The van der Waals surface area contributed by atoms with Gasteiger partial charge in [-0.15, -0.1) is 0 Å². The highest BCUT2D eigenvalue weighted by atomic mass is 16.5. The third kappa shape index (κ3) is 4.57. The minimum atomic E-state index is 0.0462. The van der Waals surface area contributed by atoms with E-state index < -0.39 is 0 Å². The molecule has 0 aromatic carbocycles. The summed E-state index contributed by atoms with van der Waals surface area (Å²) in [6, 6.07) is 7.96. The average Bonchev–Trinajstić information content (AvgIpc) is 3.28. The molecule has 2 aliphatic heterocycles. The van der Waals surface area contributed by atoms with Gasteiger partial charge in [-0.3, -0.25) is 9.88 Å². The van der Waals surface area contributed by atoms with Gasteiger partial charge < -0.3 is 14.0 Å². The molecule has 2 aliphatic rings. The molecule has 2 fully saturated rings. The van der Waals surface area contributed by atoms with Crippen LogP contribution in [0.4, 0.5) is 0 Å². The van der Waals surface area contributed by atoms with Crippen molar-refractivity contribution in [2.24, 2.45) is 5.92 Å². The van der Waals surface area contributed by atoms with Crippen LogP contribution in [0.2, 0.25) is 0 Å². The van der Waals surface area contributed by atoms with Crippen LogP contribution in [-0.4, -0.2) is 46.9 Å². The van der Waals surface area contributed by atoms with Crippen molar-refractivity contribution in [3.05, 3.63) is 47.6 Å². The van der Waals surface area contributed by atoms with Crippen molar-refractivity contribution in [3.8, 4) is 0 Å². The summed E-state index contributed by atoms with van der Waals surface area (Å²) < 4.78 is 17.3. The lowest BCUT2D eigenvalue weighted by Gasteiger charge is -2.42. The molecule has 0 aliphatic carbocycles. The molecule has 1 unspecified atom stereocenters. The van der Waals surface area contributed by atoms with Gasteiger partial charge >= 0.3 is 0 Å². The van der Waals surface area contributed by atoms with Crippen LogP contribution in [0.1, 0.15) is 42.8 Å². The molecular formula is C21H29N3O3. The van der Waals surface area contributed by atoms with E-state index in [0.717, 1.165) is 75.7 Å². The number of ether oxygens (including phenoxy) is 2. The Labute approximate surface area is 160 Å². The van der Waals surface area contributed by atoms with Crippen LogP contribution in [-0.2, 0) is 22.6 Å². The summed E-state index contributed by atoms with van der Waals surface area (Å²) in [6.45, 7) is 7.16. The summed E-state index contributed by atoms with van der Waals surface area (Å²) in [5, 5.41) is 4.12. The third-order valence-electron chi connectivity index (χ3n) is 5.95. The maximum absolute atomic E-state index is 6.28. The largest absolute Gasteiger partial charge is 0.375 e. The van der Waals surface area contributed by atoms with Gasteiger partial charge in [-0.05, 0) is 50.7 Å². The lowest BCUT2D eigenvalue weighted by molar-refractivity contribution is -0.0736. The standard InChI is InChI=1S/C21H29N3O3/c1-17-14-20(23-27-17)15-24-10-7-21(8-11-24)18(6-13-26-21)5-12-25-16-19-4-2-3-9-22-19/h2-4,9,14,18H,5-8,10-13,15-16H2,1H3. The number of likely N-dealkylation sites (tertiary alicyclic amines) is 1. The first-order valence-corrected chi connectivity index (χ1v) is 10.00. The SMILES string of the molecule is Cc1cc(CN2CCC3(CC2)OCCC3CCOCc2ccccn2)no1. The van der Waals surface area contributed by atoms with E-state index in [1.54, 1.807) is 0 Å². The van der Waals surface area contributed by atoms with Gasteiger partial charge in [0.2, 0.25) is 0 Å².